The Balaban J connectivity index is 2.15. The molecule has 90 valence electrons. The van der Waals surface area contributed by atoms with Crippen LogP contribution in [0.1, 0.15) is 19.8 Å². The zero-order valence-corrected chi connectivity index (χ0v) is 10.7. The van der Waals surface area contributed by atoms with Gasteiger partial charge >= 0.3 is 0 Å². The highest BCUT2D eigenvalue weighted by Crippen LogP contribution is 2.21. The Labute approximate surface area is 105 Å². The van der Waals surface area contributed by atoms with Gasteiger partial charge in [0.15, 0.2) is 5.82 Å². The third-order valence-corrected chi connectivity index (χ3v) is 3.45. The highest BCUT2D eigenvalue weighted by atomic mass is 32.2. The summed E-state index contributed by atoms with van der Waals surface area (Å²) in [5.41, 5.74) is 0.991. The van der Waals surface area contributed by atoms with E-state index in [4.69, 9.17) is 5.84 Å². The van der Waals surface area contributed by atoms with Gasteiger partial charge in [0.2, 0.25) is 5.16 Å². The van der Waals surface area contributed by atoms with Crippen molar-refractivity contribution in [2.24, 2.45) is 0 Å². The number of hydrogen-bond donors (Lipinski definition) is 1. The van der Waals surface area contributed by atoms with E-state index in [2.05, 4.69) is 17.1 Å². The predicted octanol–water partition coefficient (Wildman–Crippen LogP) is 2.55. The van der Waals surface area contributed by atoms with Crippen LogP contribution in [0, 0.1) is 0 Å². The van der Waals surface area contributed by atoms with E-state index in [1.807, 2.05) is 30.3 Å². The molecule has 0 radical (unpaired) electrons. The van der Waals surface area contributed by atoms with Gasteiger partial charge in [-0.1, -0.05) is 55.4 Å². The first-order valence-electron chi connectivity index (χ1n) is 5.71. The fourth-order valence-corrected chi connectivity index (χ4v) is 2.41. The summed E-state index contributed by atoms with van der Waals surface area (Å²) in [6.07, 6.45) is 2.34. The number of hydrogen-bond acceptors (Lipinski definition) is 4. The van der Waals surface area contributed by atoms with E-state index >= 15 is 0 Å². The smallest absolute Gasteiger partial charge is 0.210 e. The molecule has 2 rings (SSSR count). The topological polar surface area (TPSA) is 56.7 Å². The summed E-state index contributed by atoms with van der Waals surface area (Å²) in [5.74, 6) is 7.73. The lowest BCUT2D eigenvalue weighted by Gasteiger charge is -2.02. The van der Waals surface area contributed by atoms with E-state index in [0.29, 0.717) is 5.82 Å². The van der Waals surface area contributed by atoms with Crippen LogP contribution in [0.15, 0.2) is 35.5 Å². The van der Waals surface area contributed by atoms with Crippen molar-refractivity contribution >= 4 is 11.8 Å². The van der Waals surface area contributed by atoms with Gasteiger partial charge in [-0.25, -0.2) is 4.68 Å². The predicted molar refractivity (Wildman–Crippen MR) is 71.2 cm³/mol. The van der Waals surface area contributed by atoms with E-state index in [0.717, 1.165) is 22.9 Å². The summed E-state index contributed by atoms with van der Waals surface area (Å²) in [6, 6.07) is 9.86. The molecular weight excluding hydrogens is 232 g/mol. The fraction of sp³-hybridized carbons (Fsp3) is 0.333. The van der Waals surface area contributed by atoms with Crippen LogP contribution in [0.5, 0.6) is 0 Å². The van der Waals surface area contributed by atoms with E-state index in [1.165, 1.54) is 6.42 Å². The molecule has 0 atom stereocenters. The van der Waals surface area contributed by atoms with Crippen molar-refractivity contribution in [2.45, 2.75) is 24.9 Å². The molecule has 1 heterocycles. The molecule has 5 heteroatoms. The number of rotatable bonds is 5. The zero-order chi connectivity index (χ0) is 12.1. The Morgan fingerprint density at radius 3 is 2.71 bits per heavy atom. The van der Waals surface area contributed by atoms with Crippen LogP contribution in [0.3, 0.4) is 0 Å². The molecule has 1 aromatic carbocycles. The summed E-state index contributed by atoms with van der Waals surface area (Å²) in [6.45, 7) is 2.17. The molecule has 0 fully saturated rings. The lowest BCUT2D eigenvalue weighted by molar-refractivity contribution is 0.840. The average Bonchev–Trinajstić information content (AvgIpc) is 2.73. The second-order valence-electron chi connectivity index (χ2n) is 3.74. The van der Waals surface area contributed by atoms with Crippen molar-refractivity contribution in [1.82, 2.24) is 14.9 Å². The van der Waals surface area contributed by atoms with Gasteiger partial charge in [-0.15, -0.1) is 10.2 Å². The summed E-state index contributed by atoms with van der Waals surface area (Å²) < 4.78 is 1.57. The molecule has 17 heavy (non-hydrogen) atoms. The molecule has 0 aliphatic heterocycles. The normalized spacial score (nSPS) is 10.6. The molecule has 4 nitrogen and oxygen atoms in total. The summed E-state index contributed by atoms with van der Waals surface area (Å²) in [4.78, 5) is 0. The molecule has 1 aromatic heterocycles. The monoisotopic (exact) mass is 248 g/mol. The van der Waals surface area contributed by atoms with E-state index in [-0.39, 0.29) is 0 Å². The van der Waals surface area contributed by atoms with Gasteiger partial charge < -0.3 is 5.84 Å². The van der Waals surface area contributed by atoms with Gasteiger partial charge in [0.05, 0.1) is 0 Å². The van der Waals surface area contributed by atoms with Crippen LogP contribution in [-0.4, -0.2) is 20.6 Å². The number of benzene rings is 1. The standard InChI is InChI=1S/C12H16N4S/c1-2-3-9-17-12-15-14-11(16(12)13)10-7-5-4-6-8-10/h4-8H,2-3,9,13H2,1H3. The van der Waals surface area contributed by atoms with Gasteiger partial charge in [-0.2, -0.15) is 0 Å². The molecule has 2 aromatic rings. The van der Waals surface area contributed by atoms with Gasteiger partial charge in [-0.3, -0.25) is 0 Å². The Morgan fingerprint density at radius 2 is 2.00 bits per heavy atom. The van der Waals surface area contributed by atoms with Crippen LogP contribution in [0.4, 0.5) is 0 Å². The van der Waals surface area contributed by atoms with Crippen LogP contribution < -0.4 is 5.84 Å². The number of nitrogen functional groups attached to an aromatic ring is 1. The maximum absolute atomic E-state index is 5.99. The maximum Gasteiger partial charge on any atom is 0.210 e. The van der Waals surface area contributed by atoms with Gasteiger partial charge in [0.1, 0.15) is 0 Å². The summed E-state index contributed by atoms with van der Waals surface area (Å²) in [5, 5.41) is 9.02. The second-order valence-corrected chi connectivity index (χ2v) is 4.81. The number of nitrogens with two attached hydrogens (primary N) is 1. The molecule has 0 aliphatic carbocycles. The van der Waals surface area contributed by atoms with Crippen molar-refractivity contribution in [1.29, 1.82) is 0 Å². The van der Waals surface area contributed by atoms with Gasteiger partial charge in [-0.05, 0) is 6.42 Å². The first-order chi connectivity index (χ1) is 8.33. The molecule has 2 N–H and O–H groups in total. The zero-order valence-electron chi connectivity index (χ0n) is 9.84. The van der Waals surface area contributed by atoms with E-state index < -0.39 is 0 Å². The summed E-state index contributed by atoms with van der Waals surface area (Å²) in [7, 11) is 0. The van der Waals surface area contributed by atoms with E-state index in [9.17, 15) is 0 Å². The van der Waals surface area contributed by atoms with Crippen LogP contribution in [0.2, 0.25) is 0 Å². The third kappa shape index (κ3) is 2.79. The largest absolute Gasteiger partial charge is 0.335 e. The number of unbranched alkanes of at least 4 members (excludes halogenated alkanes) is 1. The van der Waals surface area contributed by atoms with Crippen molar-refractivity contribution in [3.8, 4) is 11.4 Å². The Kier molecular flexibility index (Phi) is 4.03. The summed E-state index contributed by atoms with van der Waals surface area (Å²) >= 11 is 1.65. The third-order valence-electron chi connectivity index (χ3n) is 2.43. The Morgan fingerprint density at radius 1 is 1.24 bits per heavy atom. The van der Waals surface area contributed by atoms with Gasteiger partial charge in [0.25, 0.3) is 0 Å². The molecule has 0 spiro atoms. The molecule has 0 bridgehead atoms. The fourth-order valence-electron chi connectivity index (χ4n) is 1.47. The minimum atomic E-state index is 0.713. The SMILES string of the molecule is CCCCSc1nnc(-c2ccccc2)n1N. The number of thioether (sulfide) groups is 1. The van der Waals surface area contributed by atoms with Crippen molar-refractivity contribution in [2.75, 3.05) is 11.6 Å². The highest BCUT2D eigenvalue weighted by molar-refractivity contribution is 7.99. The van der Waals surface area contributed by atoms with Crippen molar-refractivity contribution < 1.29 is 0 Å². The first kappa shape index (κ1) is 12.0. The minimum absolute atomic E-state index is 0.713. The Hall–Kier alpha value is -1.49. The minimum Gasteiger partial charge on any atom is -0.335 e. The molecule has 0 unspecified atom stereocenters. The Bertz CT molecular complexity index is 467. The number of nitrogens with zero attached hydrogens (tertiary/aromatic N) is 3. The van der Waals surface area contributed by atoms with E-state index in [1.54, 1.807) is 16.4 Å². The lowest BCUT2D eigenvalue weighted by atomic mass is 10.2. The van der Waals surface area contributed by atoms with Crippen LogP contribution in [0.25, 0.3) is 11.4 Å². The van der Waals surface area contributed by atoms with Crippen molar-refractivity contribution in [3.05, 3.63) is 30.3 Å². The van der Waals surface area contributed by atoms with Crippen LogP contribution in [-0.2, 0) is 0 Å². The maximum atomic E-state index is 5.99. The molecule has 0 saturated heterocycles. The van der Waals surface area contributed by atoms with Crippen molar-refractivity contribution in [3.63, 3.8) is 0 Å². The number of aromatic nitrogens is 3. The molecular formula is C12H16N4S. The van der Waals surface area contributed by atoms with Gasteiger partial charge in [0, 0.05) is 11.3 Å². The molecule has 0 amide bonds. The lowest BCUT2D eigenvalue weighted by Crippen LogP contribution is -2.11. The first-order valence-corrected chi connectivity index (χ1v) is 6.70. The molecule has 0 saturated carbocycles. The van der Waals surface area contributed by atoms with Crippen LogP contribution >= 0.6 is 11.8 Å². The average molecular weight is 248 g/mol. The quantitative estimate of drug-likeness (QED) is 0.502. The molecule has 0 aliphatic rings. The highest BCUT2D eigenvalue weighted by Gasteiger charge is 2.10. The second kappa shape index (κ2) is 5.72.